The molecule has 0 bridgehead atoms. The molecule has 0 aromatic carbocycles. The van der Waals surface area contributed by atoms with E-state index >= 15 is 0 Å². The van der Waals surface area contributed by atoms with Crippen molar-refractivity contribution in [3.63, 3.8) is 0 Å². The molecule has 4 saturated carbocycles. The molecule has 4 aliphatic carbocycles. The van der Waals surface area contributed by atoms with Crippen LogP contribution >= 0.6 is 0 Å². The first-order chi connectivity index (χ1) is 11.5. The molecular formula is C22H34O2. The standard InChI is InChI=1S/C22H34O2/c1-4-7-15-14-16-18-9-10-20(24-23)22(18,3)13-11-19(16)21(2)12-6-5-8-17(15)21/h7,15-20,23H,1,5-6,8-14H2,2-3H3/t15?,16-,17?,18-,19-,20?,21-,22-/m0/s1. The summed E-state index contributed by atoms with van der Waals surface area (Å²) in [6.07, 6.45) is 14.1. The third-order valence-corrected chi connectivity index (χ3v) is 9.05. The summed E-state index contributed by atoms with van der Waals surface area (Å²) in [4.78, 5) is 4.94. The van der Waals surface area contributed by atoms with Gasteiger partial charge in [-0.1, -0.05) is 33.3 Å². The van der Waals surface area contributed by atoms with E-state index in [1.54, 1.807) is 0 Å². The number of hydrogen-bond acceptors (Lipinski definition) is 2. The summed E-state index contributed by atoms with van der Waals surface area (Å²) in [5, 5.41) is 9.42. The maximum absolute atomic E-state index is 9.42. The molecular weight excluding hydrogens is 296 g/mol. The molecule has 4 fully saturated rings. The first-order valence-electron chi connectivity index (χ1n) is 10.2. The van der Waals surface area contributed by atoms with Crippen LogP contribution in [0.2, 0.25) is 0 Å². The van der Waals surface area contributed by atoms with Crippen molar-refractivity contribution >= 4 is 0 Å². The van der Waals surface area contributed by atoms with E-state index in [1.807, 2.05) is 0 Å². The van der Waals surface area contributed by atoms with Gasteiger partial charge in [0.15, 0.2) is 0 Å². The predicted molar refractivity (Wildman–Crippen MR) is 96.4 cm³/mol. The lowest BCUT2D eigenvalue weighted by atomic mass is 9.43. The molecule has 134 valence electrons. The molecule has 4 aliphatic rings. The molecule has 2 heteroatoms. The SMILES string of the molecule is C=C=CC1C[C@@H]2[C@H](CC[C@]3(C)C(OO)CC[C@@H]23)[C@@]2(C)CCCCC12. The van der Waals surface area contributed by atoms with Gasteiger partial charge in [-0.05, 0) is 86.0 Å². The second kappa shape index (κ2) is 6.01. The van der Waals surface area contributed by atoms with Crippen LogP contribution in [0.4, 0.5) is 0 Å². The van der Waals surface area contributed by atoms with Crippen molar-refractivity contribution in [2.24, 2.45) is 40.4 Å². The van der Waals surface area contributed by atoms with E-state index in [2.05, 4.69) is 32.2 Å². The van der Waals surface area contributed by atoms with E-state index < -0.39 is 0 Å². The Hall–Kier alpha value is -0.560. The number of rotatable bonds is 2. The van der Waals surface area contributed by atoms with Crippen LogP contribution in [0.25, 0.3) is 0 Å². The highest BCUT2D eigenvalue weighted by molar-refractivity contribution is 5.12. The quantitative estimate of drug-likeness (QED) is 0.391. The van der Waals surface area contributed by atoms with Gasteiger partial charge in [0.05, 0.1) is 6.10 Å². The van der Waals surface area contributed by atoms with Crippen LogP contribution in [0.3, 0.4) is 0 Å². The van der Waals surface area contributed by atoms with E-state index in [0.717, 1.165) is 24.2 Å². The minimum absolute atomic E-state index is 0.0498. The van der Waals surface area contributed by atoms with Gasteiger partial charge in [-0.2, -0.15) is 0 Å². The Kier molecular flexibility index (Phi) is 4.23. The van der Waals surface area contributed by atoms with Crippen molar-refractivity contribution in [2.45, 2.75) is 77.7 Å². The minimum atomic E-state index is 0.0498. The van der Waals surface area contributed by atoms with Gasteiger partial charge in [0, 0.05) is 5.41 Å². The molecule has 1 N–H and O–H groups in total. The van der Waals surface area contributed by atoms with Crippen molar-refractivity contribution in [3.05, 3.63) is 18.4 Å². The fourth-order valence-corrected chi connectivity index (χ4v) is 7.92. The van der Waals surface area contributed by atoms with Crippen LogP contribution in [-0.4, -0.2) is 11.4 Å². The normalized spacial score (nSPS) is 53.5. The van der Waals surface area contributed by atoms with Gasteiger partial charge < -0.3 is 0 Å². The van der Waals surface area contributed by atoms with Gasteiger partial charge in [-0.15, -0.1) is 5.73 Å². The summed E-state index contributed by atoms with van der Waals surface area (Å²) in [5.74, 6) is 3.86. The van der Waals surface area contributed by atoms with Crippen LogP contribution in [0.15, 0.2) is 18.4 Å². The Balaban J connectivity index is 1.70. The van der Waals surface area contributed by atoms with Crippen LogP contribution in [0, 0.1) is 40.4 Å². The van der Waals surface area contributed by atoms with E-state index in [9.17, 15) is 5.26 Å². The maximum Gasteiger partial charge on any atom is 0.0983 e. The Bertz CT molecular complexity index is 536. The van der Waals surface area contributed by atoms with Gasteiger partial charge in [0.2, 0.25) is 0 Å². The van der Waals surface area contributed by atoms with Crippen LogP contribution in [0.1, 0.15) is 71.6 Å². The molecule has 24 heavy (non-hydrogen) atoms. The monoisotopic (exact) mass is 330 g/mol. The van der Waals surface area contributed by atoms with E-state index in [-0.39, 0.29) is 11.5 Å². The molecule has 0 aromatic heterocycles. The fraction of sp³-hybridized carbons (Fsp3) is 0.864. The lowest BCUT2D eigenvalue weighted by molar-refractivity contribution is -0.305. The molecule has 3 unspecified atom stereocenters. The van der Waals surface area contributed by atoms with Gasteiger partial charge >= 0.3 is 0 Å². The van der Waals surface area contributed by atoms with E-state index in [0.29, 0.717) is 17.3 Å². The average Bonchev–Trinajstić information content (AvgIpc) is 2.91. The highest BCUT2D eigenvalue weighted by atomic mass is 17.1. The highest BCUT2D eigenvalue weighted by Gasteiger charge is 2.61. The third kappa shape index (κ3) is 2.23. The summed E-state index contributed by atoms with van der Waals surface area (Å²) in [5.41, 5.74) is 3.81. The van der Waals surface area contributed by atoms with Crippen LogP contribution < -0.4 is 0 Å². The zero-order valence-corrected chi connectivity index (χ0v) is 15.5. The Morgan fingerprint density at radius 3 is 2.54 bits per heavy atom. The molecule has 0 heterocycles. The Labute approximate surface area is 147 Å². The van der Waals surface area contributed by atoms with Gasteiger partial charge in [-0.25, -0.2) is 4.89 Å². The zero-order valence-electron chi connectivity index (χ0n) is 15.5. The fourth-order valence-electron chi connectivity index (χ4n) is 7.92. The minimum Gasteiger partial charge on any atom is -0.252 e. The van der Waals surface area contributed by atoms with Crippen molar-refractivity contribution in [2.75, 3.05) is 0 Å². The number of fused-ring (bicyclic) bond motifs is 5. The predicted octanol–water partition coefficient (Wildman–Crippen LogP) is 5.84. The molecule has 2 nitrogen and oxygen atoms in total. The molecule has 0 amide bonds. The Morgan fingerprint density at radius 2 is 1.79 bits per heavy atom. The first kappa shape index (κ1) is 16.9. The van der Waals surface area contributed by atoms with Gasteiger partial charge in [0.25, 0.3) is 0 Å². The van der Waals surface area contributed by atoms with Crippen LogP contribution in [0.5, 0.6) is 0 Å². The zero-order chi connectivity index (χ0) is 16.9. The lowest BCUT2D eigenvalue weighted by Gasteiger charge is -2.62. The van der Waals surface area contributed by atoms with Crippen molar-refractivity contribution < 1.29 is 10.1 Å². The molecule has 0 aliphatic heterocycles. The smallest absolute Gasteiger partial charge is 0.0983 e. The molecule has 0 aromatic rings. The average molecular weight is 331 g/mol. The summed E-state index contributed by atoms with van der Waals surface area (Å²) >= 11 is 0. The van der Waals surface area contributed by atoms with E-state index in [4.69, 9.17) is 4.89 Å². The summed E-state index contributed by atoms with van der Waals surface area (Å²) in [6.45, 7) is 8.88. The summed E-state index contributed by atoms with van der Waals surface area (Å²) < 4.78 is 0. The van der Waals surface area contributed by atoms with Gasteiger partial charge in [-0.3, -0.25) is 5.26 Å². The van der Waals surface area contributed by atoms with Crippen molar-refractivity contribution in [1.82, 2.24) is 0 Å². The van der Waals surface area contributed by atoms with Crippen LogP contribution in [-0.2, 0) is 4.89 Å². The second-order valence-corrected chi connectivity index (χ2v) is 9.72. The topological polar surface area (TPSA) is 29.5 Å². The number of allylic oxidation sites excluding steroid dienone is 1. The molecule has 4 rings (SSSR count). The summed E-state index contributed by atoms with van der Waals surface area (Å²) in [7, 11) is 0. The second-order valence-electron chi connectivity index (χ2n) is 9.72. The third-order valence-electron chi connectivity index (χ3n) is 9.05. The highest BCUT2D eigenvalue weighted by Crippen LogP contribution is 2.67. The lowest BCUT2D eigenvalue weighted by Crippen LogP contribution is -2.55. The number of hydrogen-bond donors (Lipinski definition) is 1. The molecule has 0 spiro atoms. The summed E-state index contributed by atoms with van der Waals surface area (Å²) in [6, 6.07) is 0. The first-order valence-corrected chi connectivity index (χ1v) is 10.2. The largest absolute Gasteiger partial charge is 0.252 e. The molecule has 8 atom stereocenters. The van der Waals surface area contributed by atoms with Gasteiger partial charge in [0.1, 0.15) is 0 Å². The van der Waals surface area contributed by atoms with Crippen molar-refractivity contribution in [1.29, 1.82) is 0 Å². The van der Waals surface area contributed by atoms with E-state index in [1.165, 1.54) is 51.4 Å². The molecule has 0 radical (unpaired) electrons. The van der Waals surface area contributed by atoms with Crippen molar-refractivity contribution in [3.8, 4) is 0 Å². The Morgan fingerprint density at radius 1 is 1.00 bits per heavy atom. The molecule has 0 saturated heterocycles. The maximum atomic E-state index is 9.42.